The quantitative estimate of drug-likeness (QED) is 0.180. The van der Waals surface area contributed by atoms with Crippen LogP contribution in [-0.4, -0.2) is 31.3 Å². The summed E-state index contributed by atoms with van der Waals surface area (Å²) in [7, 11) is 0. The Balaban J connectivity index is 1.34. The van der Waals surface area contributed by atoms with Crippen LogP contribution in [0.1, 0.15) is 55.4 Å². The van der Waals surface area contributed by atoms with Gasteiger partial charge in [-0.05, 0) is 62.6 Å². The van der Waals surface area contributed by atoms with Crippen LogP contribution in [0.4, 0.5) is 26.3 Å². The first-order valence-electron chi connectivity index (χ1n) is 12.8. The molecule has 1 aliphatic rings. The molecule has 0 bridgehead atoms. The number of rotatable bonds is 9. The minimum absolute atomic E-state index is 0.0973. The van der Waals surface area contributed by atoms with Crippen LogP contribution in [0.15, 0.2) is 51.7 Å². The number of hydrogen-bond donors (Lipinski definition) is 1. The first-order valence-corrected chi connectivity index (χ1v) is 12.8. The number of alkyl halides is 6. The molecule has 1 atom stereocenters. The van der Waals surface area contributed by atoms with E-state index in [0.29, 0.717) is 56.5 Å². The molecule has 212 valence electrons. The van der Waals surface area contributed by atoms with Gasteiger partial charge < -0.3 is 9.15 Å². The van der Waals surface area contributed by atoms with E-state index in [1.54, 1.807) is 0 Å². The molecule has 5 nitrogen and oxygen atoms in total. The van der Waals surface area contributed by atoms with Gasteiger partial charge in [-0.15, -0.1) is 0 Å². The number of halogens is 6. The van der Waals surface area contributed by atoms with Crippen molar-refractivity contribution in [2.24, 2.45) is 0 Å². The molecule has 1 aromatic heterocycles. The van der Waals surface area contributed by atoms with Crippen molar-refractivity contribution in [1.29, 1.82) is 0 Å². The molecule has 0 spiro atoms. The number of nitrogens with one attached hydrogen (secondary N) is 1. The van der Waals surface area contributed by atoms with E-state index in [2.05, 4.69) is 10.2 Å². The van der Waals surface area contributed by atoms with Crippen molar-refractivity contribution in [3.05, 3.63) is 75.1 Å². The topological polar surface area (TPSA) is 54.7 Å². The molecule has 2 aromatic carbocycles. The van der Waals surface area contributed by atoms with Gasteiger partial charge >= 0.3 is 18.0 Å². The average Bonchev–Trinajstić information content (AvgIpc) is 3.25. The molecule has 39 heavy (non-hydrogen) atoms. The molecule has 1 fully saturated rings. The number of benzene rings is 2. The molecule has 1 N–H and O–H groups in total. The number of fused-ring (bicyclic) bond motifs is 1. The molecule has 11 heteroatoms. The third kappa shape index (κ3) is 6.58. The van der Waals surface area contributed by atoms with Crippen molar-refractivity contribution < 1.29 is 35.5 Å². The molecule has 0 radical (unpaired) electrons. The van der Waals surface area contributed by atoms with Crippen LogP contribution in [0.25, 0.3) is 11.0 Å². The first kappa shape index (κ1) is 28.9. The number of aryl methyl sites for hydroxylation is 1. The molecule has 0 amide bonds. The van der Waals surface area contributed by atoms with Gasteiger partial charge in [-0.2, -0.15) is 26.3 Å². The Morgan fingerprint density at radius 1 is 1.03 bits per heavy atom. The second kappa shape index (κ2) is 11.2. The number of hydrogen-bond acceptors (Lipinski definition) is 5. The highest BCUT2D eigenvalue weighted by Crippen LogP contribution is 2.38. The minimum Gasteiger partial charge on any atom is -0.493 e. The van der Waals surface area contributed by atoms with Gasteiger partial charge in [-0.3, -0.25) is 10.2 Å². The Labute approximate surface area is 221 Å². The van der Waals surface area contributed by atoms with Crippen LogP contribution in [0, 0.1) is 0 Å². The van der Waals surface area contributed by atoms with Crippen LogP contribution in [0.3, 0.4) is 0 Å². The fourth-order valence-corrected chi connectivity index (χ4v) is 4.96. The highest BCUT2D eigenvalue weighted by atomic mass is 19.4. The normalized spacial score (nSPS) is 18.7. The second-order valence-electron chi connectivity index (χ2n) is 10.00. The average molecular weight is 557 g/mol. The molecule has 2 heterocycles. The van der Waals surface area contributed by atoms with Crippen LogP contribution in [0.2, 0.25) is 0 Å². The molecular weight excluding hydrogens is 526 g/mol. The monoisotopic (exact) mass is 556 g/mol. The molecule has 0 saturated carbocycles. The summed E-state index contributed by atoms with van der Waals surface area (Å²) in [5.41, 5.74) is -2.12. The number of ether oxygens (including phenoxy) is 1. The van der Waals surface area contributed by atoms with E-state index >= 15 is 0 Å². The number of unbranched alkanes of at least 4 members (excludes halogenated alkanes) is 1. The van der Waals surface area contributed by atoms with Gasteiger partial charge in [0.2, 0.25) is 0 Å². The third-order valence-electron chi connectivity index (χ3n) is 6.99. The summed E-state index contributed by atoms with van der Waals surface area (Å²) >= 11 is 0. The lowest BCUT2D eigenvalue weighted by Gasteiger charge is -2.25. The lowest BCUT2D eigenvalue weighted by atomic mass is 9.92. The largest absolute Gasteiger partial charge is 0.493 e. The Hall–Kier alpha value is -3.05. The van der Waals surface area contributed by atoms with Gasteiger partial charge in [0, 0.05) is 30.2 Å². The zero-order valence-electron chi connectivity index (χ0n) is 21.6. The van der Waals surface area contributed by atoms with Gasteiger partial charge in [0.15, 0.2) is 0 Å². The van der Waals surface area contributed by atoms with Gasteiger partial charge in [0.25, 0.3) is 0 Å². The van der Waals surface area contributed by atoms with Crippen molar-refractivity contribution in [1.82, 2.24) is 10.2 Å². The van der Waals surface area contributed by atoms with E-state index < -0.39 is 34.6 Å². The van der Waals surface area contributed by atoms with Crippen LogP contribution < -0.4 is 15.7 Å². The maximum atomic E-state index is 13.5. The molecule has 0 aliphatic carbocycles. The molecule has 1 unspecified atom stereocenters. The summed E-state index contributed by atoms with van der Waals surface area (Å²) in [6, 6.07) is 8.42. The summed E-state index contributed by atoms with van der Waals surface area (Å²) in [5, 5.41) is 3.21. The number of nitrogens with zero attached hydrogens (tertiary/aromatic N) is 1. The SMILES string of the molecule is CCCc1c(OCCCCN2CNC(C)(c3ccc(C(F)(F)F)cc3)C2)ccc2c(C(F)(F)F)cc(=O)oc12. The molecule has 1 aliphatic heterocycles. The van der Waals surface area contributed by atoms with Gasteiger partial charge in [0.05, 0.1) is 23.3 Å². The maximum absolute atomic E-state index is 13.5. The Morgan fingerprint density at radius 2 is 1.74 bits per heavy atom. The Bertz CT molecular complexity index is 1350. The summed E-state index contributed by atoms with van der Waals surface area (Å²) in [6.45, 7) is 6.10. The lowest BCUT2D eigenvalue weighted by molar-refractivity contribution is -0.138. The summed E-state index contributed by atoms with van der Waals surface area (Å²) < 4.78 is 90.1. The van der Waals surface area contributed by atoms with Crippen LogP contribution in [0.5, 0.6) is 5.75 Å². The van der Waals surface area contributed by atoms with Crippen LogP contribution in [-0.2, 0) is 24.3 Å². The summed E-state index contributed by atoms with van der Waals surface area (Å²) in [6.07, 6.45) is -6.61. The van der Waals surface area contributed by atoms with E-state index in [1.807, 2.05) is 13.8 Å². The van der Waals surface area contributed by atoms with Gasteiger partial charge in [-0.25, -0.2) is 4.79 Å². The second-order valence-corrected chi connectivity index (χ2v) is 10.00. The summed E-state index contributed by atoms with van der Waals surface area (Å²) in [4.78, 5) is 14.0. The molecule has 4 rings (SSSR count). The maximum Gasteiger partial charge on any atom is 0.417 e. The lowest BCUT2D eigenvalue weighted by Crippen LogP contribution is -2.36. The minimum atomic E-state index is -4.69. The van der Waals surface area contributed by atoms with Crippen molar-refractivity contribution in [2.45, 2.75) is 57.4 Å². The van der Waals surface area contributed by atoms with E-state index in [-0.39, 0.29) is 11.0 Å². The van der Waals surface area contributed by atoms with Gasteiger partial charge in [0.1, 0.15) is 11.3 Å². The predicted molar refractivity (Wildman–Crippen MR) is 135 cm³/mol. The van der Waals surface area contributed by atoms with Crippen molar-refractivity contribution >= 4 is 11.0 Å². The van der Waals surface area contributed by atoms with E-state index in [1.165, 1.54) is 24.3 Å². The standard InChI is InChI=1S/C28H30F6N2O3/c1-3-6-21-23(12-11-20-22(28(32,33)34)15-24(37)39-25(20)21)38-14-5-4-13-36-16-26(2,35-17-36)18-7-9-19(10-8-18)27(29,30)31/h7-12,15,35H,3-6,13-14,16-17H2,1-2H3. The van der Waals surface area contributed by atoms with Crippen molar-refractivity contribution in [3.8, 4) is 5.75 Å². The fraction of sp³-hybridized carbons (Fsp3) is 0.464. The smallest absolute Gasteiger partial charge is 0.417 e. The van der Waals surface area contributed by atoms with Crippen molar-refractivity contribution in [2.75, 3.05) is 26.4 Å². The zero-order valence-corrected chi connectivity index (χ0v) is 21.6. The van der Waals surface area contributed by atoms with E-state index in [9.17, 15) is 31.1 Å². The zero-order chi connectivity index (χ0) is 28.4. The highest BCUT2D eigenvalue weighted by Gasteiger charge is 2.36. The fourth-order valence-electron chi connectivity index (χ4n) is 4.96. The van der Waals surface area contributed by atoms with Crippen molar-refractivity contribution in [3.63, 3.8) is 0 Å². The molecular formula is C28H30F6N2O3. The van der Waals surface area contributed by atoms with E-state index in [4.69, 9.17) is 9.15 Å². The predicted octanol–water partition coefficient (Wildman–Crippen LogP) is 6.72. The summed E-state index contributed by atoms with van der Waals surface area (Å²) in [5.74, 6) is 0.393. The molecule has 3 aromatic rings. The first-order chi connectivity index (χ1) is 18.3. The Kier molecular flexibility index (Phi) is 8.32. The van der Waals surface area contributed by atoms with Gasteiger partial charge in [-0.1, -0.05) is 25.5 Å². The molecule has 1 saturated heterocycles. The highest BCUT2D eigenvalue weighted by molar-refractivity contribution is 5.85. The van der Waals surface area contributed by atoms with Crippen LogP contribution >= 0.6 is 0 Å². The third-order valence-corrected chi connectivity index (χ3v) is 6.99. The van der Waals surface area contributed by atoms with E-state index in [0.717, 1.165) is 30.7 Å². The Morgan fingerprint density at radius 3 is 2.38 bits per heavy atom.